The van der Waals surface area contributed by atoms with E-state index in [4.69, 9.17) is 4.74 Å². The Morgan fingerprint density at radius 2 is 2.00 bits per heavy atom. The van der Waals surface area contributed by atoms with Crippen LogP contribution in [-0.2, 0) is 0 Å². The monoisotopic (exact) mass is 418 g/mol. The van der Waals surface area contributed by atoms with Gasteiger partial charge in [0.25, 0.3) is 0 Å². The van der Waals surface area contributed by atoms with Crippen molar-refractivity contribution in [3.63, 3.8) is 0 Å². The second kappa shape index (κ2) is 8.23. The van der Waals surface area contributed by atoms with Gasteiger partial charge in [-0.3, -0.25) is 4.99 Å². The average Bonchev–Trinajstić information content (AvgIpc) is 2.78. The Kier molecular flexibility index (Phi) is 5.31. The molecule has 31 heavy (non-hydrogen) atoms. The van der Waals surface area contributed by atoms with Gasteiger partial charge in [-0.25, -0.2) is 19.0 Å². The van der Waals surface area contributed by atoms with Crippen LogP contribution in [0.4, 0.5) is 15.9 Å². The Hall–Kier alpha value is -4.27. The highest BCUT2D eigenvalue weighted by atomic mass is 19.1. The normalized spacial score (nSPS) is 11.5. The summed E-state index contributed by atoms with van der Waals surface area (Å²) in [7, 11) is 1.66. The average molecular weight is 418 g/mol. The first kappa shape index (κ1) is 20.0. The number of hydrogen-bond acceptors (Lipinski definition) is 7. The maximum absolute atomic E-state index is 14.5. The fraction of sp³-hybridized carbons (Fsp3) is 0.0909. The van der Waals surface area contributed by atoms with Crippen molar-refractivity contribution in [2.75, 3.05) is 12.4 Å². The quantitative estimate of drug-likeness (QED) is 0.476. The summed E-state index contributed by atoms with van der Waals surface area (Å²) in [6.07, 6.45) is 3.04. The number of halogens is 1. The second-order valence-electron chi connectivity index (χ2n) is 6.65. The fourth-order valence-electron chi connectivity index (χ4n) is 3.11. The molecule has 156 valence electrons. The van der Waals surface area contributed by atoms with Gasteiger partial charge < -0.3 is 15.2 Å². The van der Waals surface area contributed by atoms with E-state index >= 15 is 0 Å². The number of nitrogens with zero attached hydrogens (tertiary/aromatic N) is 5. The number of rotatable bonds is 5. The summed E-state index contributed by atoms with van der Waals surface area (Å²) in [5, 5.41) is 16.8. The van der Waals surface area contributed by atoms with Crippen LogP contribution in [0.25, 0.3) is 10.9 Å². The summed E-state index contributed by atoms with van der Waals surface area (Å²) >= 11 is 0. The Balaban J connectivity index is 1.63. The molecule has 0 aliphatic heterocycles. The molecule has 0 aliphatic carbocycles. The van der Waals surface area contributed by atoms with Crippen molar-refractivity contribution in [3.8, 4) is 17.2 Å². The van der Waals surface area contributed by atoms with E-state index in [2.05, 4.69) is 32.1 Å². The first-order valence-electron chi connectivity index (χ1n) is 9.30. The topological polar surface area (TPSA) is 96.9 Å². The van der Waals surface area contributed by atoms with Crippen molar-refractivity contribution in [2.24, 2.45) is 10.1 Å². The number of pyridine rings is 1. The third-order valence-electron chi connectivity index (χ3n) is 4.65. The molecule has 0 amide bonds. The number of ether oxygens (including phenoxy) is 1. The minimum absolute atomic E-state index is 0.116. The Bertz CT molecular complexity index is 1370. The summed E-state index contributed by atoms with van der Waals surface area (Å²) in [6.45, 7) is 5.39. The molecule has 9 heteroatoms. The third kappa shape index (κ3) is 3.93. The molecular weight excluding hydrogens is 399 g/mol. The van der Waals surface area contributed by atoms with E-state index in [1.165, 1.54) is 23.1 Å². The summed E-state index contributed by atoms with van der Waals surface area (Å²) in [6, 6.07) is 11.7. The molecule has 8 nitrogen and oxygen atoms in total. The molecule has 0 radical (unpaired) electrons. The number of anilines is 2. The number of nitrogens with one attached hydrogen (secondary N) is 1. The second-order valence-corrected chi connectivity index (χ2v) is 6.65. The Morgan fingerprint density at radius 1 is 1.16 bits per heavy atom. The van der Waals surface area contributed by atoms with Gasteiger partial charge in [-0.2, -0.15) is 5.10 Å². The molecule has 0 unspecified atom stereocenters. The third-order valence-corrected chi connectivity index (χ3v) is 4.65. The molecule has 4 aromatic rings. The van der Waals surface area contributed by atoms with Crippen molar-refractivity contribution in [1.82, 2.24) is 14.6 Å². The van der Waals surface area contributed by atoms with E-state index in [-0.39, 0.29) is 11.2 Å². The summed E-state index contributed by atoms with van der Waals surface area (Å²) < 4.78 is 22.0. The minimum atomic E-state index is -0.773. The van der Waals surface area contributed by atoms with Gasteiger partial charge in [-0.05, 0) is 48.9 Å². The lowest BCUT2D eigenvalue weighted by molar-refractivity contribution is 0.436. The molecule has 4 rings (SSSR count). The van der Waals surface area contributed by atoms with Gasteiger partial charge in [-0.15, -0.1) is 0 Å². The van der Waals surface area contributed by atoms with Crippen molar-refractivity contribution in [3.05, 3.63) is 71.9 Å². The predicted octanol–water partition coefficient (Wildman–Crippen LogP) is 4.11. The van der Waals surface area contributed by atoms with E-state index in [9.17, 15) is 9.50 Å². The molecule has 2 aromatic carbocycles. The lowest BCUT2D eigenvalue weighted by atomic mass is 10.1. The standard InChI is InChI=1S/C22H19FN6O2/c1-13-10-14(28-22-20-16(26-12-27-22)5-6-17(30)21(20)23)4-7-18(13)31-15-8-9-29(25-3)19(11-15)24-2/h4-12,30H,3H2,1-2H3,(H,26,27,28). The summed E-state index contributed by atoms with van der Waals surface area (Å²) in [5.74, 6) is 0.270. The number of hydrogen-bond donors (Lipinski definition) is 2. The van der Waals surface area contributed by atoms with Gasteiger partial charge >= 0.3 is 0 Å². The zero-order valence-corrected chi connectivity index (χ0v) is 16.9. The van der Waals surface area contributed by atoms with Crippen LogP contribution in [0.3, 0.4) is 0 Å². The highest BCUT2D eigenvalue weighted by Gasteiger charge is 2.13. The van der Waals surface area contributed by atoms with Crippen LogP contribution in [0.1, 0.15) is 5.56 Å². The maximum atomic E-state index is 14.5. The lowest BCUT2D eigenvalue weighted by Gasteiger charge is -2.13. The van der Waals surface area contributed by atoms with Crippen molar-refractivity contribution in [1.29, 1.82) is 0 Å². The molecule has 2 N–H and O–H groups in total. The van der Waals surface area contributed by atoms with Crippen molar-refractivity contribution >= 4 is 29.1 Å². The summed E-state index contributed by atoms with van der Waals surface area (Å²) in [4.78, 5) is 12.3. The Morgan fingerprint density at radius 3 is 2.74 bits per heavy atom. The van der Waals surface area contributed by atoms with Gasteiger partial charge in [0.2, 0.25) is 0 Å². The smallest absolute Gasteiger partial charge is 0.177 e. The SMILES string of the molecule is C=Nn1ccc(Oc2ccc(Nc3ncnc4ccc(O)c(F)c34)cc2C)cc1=NC. The van der Waals surface area contributed by atoms with Crippen LogP contribution >= 0.6 is 0 Å². The molecule has 0 saturated heterocycles. The number of aryl methyl sites for hydroxylation is 1. The van der Waals surface area contributed by atoms with Gasteiger partial charge in [0.05, 0.1) is 10.9 Å². The molecule has 0 spiro atoms. The predicted molar refractivity (Wildman–Crippen MR) is 117 cm³/mol. The van der Waals surface area contributed by atoms with Crippen molar-refractivity contribution < 1.29 is 14.2 Å². The first-order valence-corrected chi connectivity index (χ1v) is 9.30. The van der Waals surface area contributed by atoms with E-state index < -0.39 is 11.6 Å². The first-order chi connectivity index (χ1) is 15.0. The van der Waals surface area contributed by atoms with Crippen LogP contribution in [0.5, 0.6) is 17.2 Å². The van der Waals surface area contributed by atoms with Crippen molar-refractivity contribution in [2.45, 2.75) is 6.92 Å². The van der Waals surface area contributed by atoms with Gasteiger partial charge in [0.1, 0.15) is 23.6 Å². The number of benzene rings is 2. The zero-order chi connectivity index (χ0) is 22.0. The van der Waals surface area contributed by atoms with Crippen LogP contribution in [0.2, 0.25) is 0 Å². The van der Waals surface area contributed by atoms with E-state index in [0.717, 1.165) is 5.56 Å². The van der Waals surface area contributed by atoms with Gasteiger partial charge in [-0.1, -0.05) is 0 Å². The lowest BCUT2D eigenvalue weighted by Crippen LogP contribution is -2.15. The molecule has 0 fully saturated rings. The van der Waals surface area contributed by atoms with Crippen LogP contribution < -0.4 is 15.5 Å². The molecular formula is C22H19FN6O2. The molecule has 0 bridgehead atoms. The number of phenolic OH excluding ortho intramolecular Hbond substituents is 1. The molecule has 0 atom stereocenters. The molecule has 2 aromatic heterocycles. The van der Waals surface area contributed by atoms with Crippen LogP contribution in [0, 0.1) is 12.7 Å². The Labute approximate surface area is 177 Å². The number of fused-ring (bicyclic) bond motifs is 1. The molecule has 0 saturated carbocycles. The zero-order valence-electron chi connectivity index (χ0n) is 16.9. The number of phenols is 1. The maximum Gasteiger partial charge on any atom is 0.177 e. The highest BCUT2D eigenvalue weighted by molar-refractivity contribution is 5.92. The van der Waals surface area contributed by atoms with E-state index in [1.807, 2.05) is 13.0 Å². The molecule has 0 aliphatic rings. The van der Waals surface area contributed by atoms with Gasteiger partial charge in [0.15, 0.2) is 17.1 Å². The minimum Gasteiger partial charge on any atom is -0.505 e. The van der Waals surface area contributed by atoms with E-state index in [0.29, 0.717) is 28.2 Å². The van der Waals surface area contributed by atoms with Gasteiger partial charge in [0, 0.05) is 31.7 Å². The van der Waals surface area contributed by atoms with Crippen LogP contribution in [0.15, 0.2) is 65.1 Å². The van der Waals surface area contributed by atoms with Crippen LogP contribution in [-0.4, -0.2) is 33.5 Å². The largest absolute Gasteiger partial charge is 0.505 e. The van der Waals surface area contributed by atoms with E-state index in [1.54, 1.807) is 37.5 Å². The number of aromatic nitrogens is 3. The summed E-state index contributed by atoms with van der Waals surface area (Å²) in [5.41, 5.74) is 2.51. The number of aromatic hydroxyl groups is 1. The fourth-order valence-corrected chi connectivity index (χ4v) is 3.11. The highest BCUT2D eigenvalue weighted by Crippen LogP contribution is 2.32. The molecule has 2 heterocycles.